The lowest BCUT2D eigenvalue weighted by molar-refractivity contribution is 0.0988. The lowest BCUT2D eigenvalue weighted by atomic mass is 10.1. The minimum Gasteiger partial charge on any atom is -0.294 e. The molecule has 0 heterocycles. The number of benzene rings is 1. The number of carbonyl (C=O) groups excluding carboxylic acids is 1. The molecule has 11 heavy (non-hydrogen) atoms. The van der Waals surface area contributed by atoms with Crippen LogP contribution in [0.3, 0.4) is 0 Å². The van der Waals surface area contributed by atoms with Crippen LogP contribution in [0.4, 0.5) is 0 Å². The Morgan fingerprint density at radius 1 is 1.36 bits per heavy atom. The molecule has 0 amide bonds. The Bertz CT molecular complexity index is 251. The van der Waals surface area contributed by atoms with Crippen LogP contribution >= 0.6 is 12.6 Å². The zero-order valence-electron chi connectivity index (χ0n) is 6.33. The highest BCUT2D eigenvalue weighted by Gasteiger charge is 2.00. The topological polar surface area (TPSA) is 17.1 Å². The van der Waals surface area contributed by atoms with E-state index in [1.54, 1.807) is 24.3 Å². The molecule has 1 aromatic rings. The maximum atomic E-state index is 11.1. The minimum absolute atomic E-state index is 0.167. The van der Waals surface area contributed by atoms with Gasteiger partial charge in [-0.2, -0.15) is 0 Å². The molecule has 0 atom stereocenters. The molecule has 0 N–H and O–H groups in total. The van der Waals surface area contributed by atoms with Crippen LogP contribution in [-0.4, -0.2) is 5.78 Å². The zero-order valence-corrected chi connectivity index (χ0v) is 7.15. The summed E-state index contributed by atoms with van der Waals surface area (Å²) in [5.74, 6) is 0.167. The molecular formula is C9H9OS. The lowest BCUT2D eigenvalue weighted by Crippen LogP contribution is -1.94. The molecular weight excluding hydrogens is 156 g/mol. The standard InChI is InChI=1S/C9H9OS/c1-2-9(10)7-3-5-8(11)6-4-7/h3-6H,2H2,1H3. The van der Waals surface area contributed by atoms with Crippen molar-refractivity contribution in [3.05, 3.63) is 29.8 Å². The van der Waals surface area contributed by atoms with Crippen molar-refractivity contribution in [3.8, 4) is 0 Å². The highest BCUT2D eigenvalue weighted by molar-refractivity contribution is 7.80. The van der Waals surface area contributed by atoms with Gasteiger partial charge in [-0.15, -0.1) is 0 Å². The largest absolute Gasteiger partial charge is 0.294 e. The maximum Gasteiger partial charge on any atom is 0.162 e. The molecule has 1 radical (unpaired) electrons. The molecule has 0 aromatic heterocycles. The Morgan fingerprint density at radius 2 is 1.91 bits per heavy atom. The first-order valence-electron chi connectivity index (χ1n) is 3.54. The molecule has 0 bridgehead atoms. The molecule has 0 saturated carbocycles. The highest BCUT2D eigenvalue weighted by Crippen LogP contribution is 2.09. The van der Waals surface area contributed by atoms with Gasteiger partial charge >= 0.3 is 0 Å². The van der Waals surface area contributed by atoms with Gasteiger partial charge in [-0.05, 0) is 24.3 Å². The summed E-state index contributed by atoms with van der Waals surface area (Å²) < 4.78 is 0. The second-order valence-corrected chi connectivity index (χ2v) is 2.77. The fourth-order valence-electron chi connectivity index (χ4n) is 0.845. The van der Waals surface area contributed by atoms with Gasteiger partial charge in [0.15, 0.2) is 5.78 Å². The summed E-state index contributed by atoms with van der Waals surface area (Å²) in [6.07, 6.45) is 0.552. The Morgan fingerprint density at radius 3 is 2.36 bits per heavy atom. The summed E-state index contributed by atoms with van der Waals surface area (Å²) in [7, 11) is 0. The molecule has 1 nitrogen and oxygen atoms in total. The number of hydrogen-bond acceptors (Lipinski definition) is 1. The average Bonchev–Trinajstić information content (AvgIpc) is 2.05. The van der Waals surface area contributed by atoms with Crippen molar-refractivity contribution in [3.63, 3.8) is 0 Å². The first-order valence-corrected chi connectivity index (χ1v) is 3.95. The lowest BCUT2D eigenvalue weighted by Gasteiger charge is -1.95. The van der Waals surface area contributed by atoms with Gasteiger partial charge in [0.25, 0.3) is 0 Å². The smallest absolute Gasteiger partial charge is 0.162 e. The van der Waals surface area contributed by atoms with Crippen molar-refractivity contribution in [2.75, 3.05) is 0 Å². The first-order chi connectivity index (χ1) is 5.24. The van der Waals surface area contributed by atoms with E-state index in [0.717, 1.165) is 10.5 Å². The van der Waals surface area contributed by atoms with Crippen molar-refractivity contribution in [2.45, 2.75) is 18.2 Å². The van der Waals surface area contributed by atoms with Gasteiger partial charge in [0.05, 0.1) is 0 Å². The third-order valence-corrected chi connectivity index (χ3v) is 1.77. The summed E-state index contributed by atoms with van der Waals surface area (Å²) in [5.41, 5.74) is 0.751. The van der Waals surface area contributed by atoms with Crippen LogP contribution in [0.1, 0.15) is 23.7 Å². The van der Waals surface area contributed by atoms with Gasteiger partial charge in [0, 0.05) is 16.9 Å². The van der Waals surface area contributed by atoms with E-state index < -0.39 is 0 Å². The van der Waals surface area contributed by atoms with Crippen molar-refractivity contribution < 1.29 is 4.79 Å². The summed E-state index contributed by atoms with van der Waals surface area (Å²) >= 11 is 4.88. The van der Waals surface area contributed by atoms with Gasteiger partial charge in [-0.1, -0.05) is 19.6 Å². The zero-order chi connectivity index (χ0) is 8.27. The normalized spacial score (nSPS) is 9.55. The van der Waals surface area contributed by atoms with Crippen LogP contribution in [0.2, 0.25) is 0 Å². The van der Waals surface area contributed by atoms with E-state index in [1.807, 2.05) is 6.92 Å². The van der Waals surface area contributed by atoms with E-state index >= 15 is 0 Å². The Balaban J connectivity index is 2.90. The van der Waals surface area contributed by atoms with Crippen LogP contribution in [0.25, 0.3) is 0 Å². The number of ketones is 1. The van der Waals surface area contributed by atoms with E-state index in [4.69, 9.17) is 12.6 Å². The van der Waals surface area contributed by atoms with E-state index in [9.17, 15) is 4.79 Å². The third-order valence-electron chi connectivity index (χ3n) is 1.50. The van der Waals surface area contributed by atoms with Gasteiger partial charge in [0.1, 0.15) is 0 Å². The van der Waals surface area contributed by atoms with Crippen LogP contribution in [0.5, 0.6) is 0 Å². The van der Waals surface area contributed by atoms with E-state index in [1.165, 1.54) is 0 Å². The van der Waals surface area contributed by atoms with Crippen LogP contribution in [0.15, 0.2) is 29.2 Å². The molecule has 0 aliphatic heterocycles. The third kappa shape index (κ3) is 2.02. The molecule has 0 aliphatic rings. The van der Waals surface area contributed by atoms with Crippen LogP contribution in [-0.2, 0) is 0 Å². The second kappa shape index (κ2) is 3.49. The Hall–Kier alpha value is -0.890. The molecule has 57 valence electrons. The van der Waals surface area contributed by atoms with Crippen LogP contribution in [0, 0.1) is 0 Å². The summed E-state index contributed by atoms with van der Waals surface area (Å²) in [4.78, 5) is 11.9. The fraction of sp³-hybridized carbons (Fsp3) is 0.222. The highest BCUT2D eigenvalue weighted by atomic mass is 32.1. The summed E-state index contributed by atoms with van der Waals surface area (Å²) in [6, 6.07) is 7.10. The average molecular weight is 165 g/mol. The summed E-state index contributed by atoms with van der Waals surface area (Å²) in [5, 5.41) is 0. The number of carbonyl (C=O) groups is 1. The summed E-state index contributed by atoms with van der Waals surface area (Å²) in [6.45, 7) is 1.85. The minimum atomic E-state index is 0.167. The first kappa shape index (κ1) is 8.21. The van der Waals surface area contributed by atoms with Crippen molar-refractivity contribution in [1.82, 2.24) is 0 Å². The van der Waals surface area contributed by atoms with Gasteiger partial charge in [0.2, 0.25) is 0 Å². The molecule has 0 unspecified atom stereocenters. The SMILES string of the molecule is CCC(=O)c1ccc([S])cc1. The van der Waals surface area contributed by atoms with Crippen molar-refractivity contribution >= 4 is 18.4 Å². The molecule has 0 fully saturated rings. The molecule has 0 saturated heterocycles. The van der Waals surface area contributed by atoms with E-state index in [0.29, 0.717) is 6.42 Å². The quantitative estimate of drug-likeness (QED) is 0.616. The molecule has 0 spiro atoms. The van der Waals surface area contributed by atoms with Crippen molar-refractivity contribution in [1.29, 1.82) is 0 Å². The molecule has 0 aliphatic carbocycles. The fourth-order valence-corrected chi connectivity index (χ4v) is 0.981. The number of rotatable bonds is 2. The number of Topliss-reactive ketones (excluding diaryl/α,β-unsaturated/α-hetero) is 1. The van der Waals surface area contributed by atoms with Crippen LogP contribution < -0.4 is 0 Å². The predicted octanol–water partition coefficient (Wildman–Crippen LogP) is 2.84. The molecule has 1 aromatic carbocycles. The predicted molar refractivity (Wildman–Crippen MR) is 46.9 cm³/mol. The van der Waals surface area contributed by atoms with E-state index in [-0.39, 0.29) is 5.78 Å². The Labute approximate surface area is 71.8 Å². The van der Waals surface area contributed by atoms with Gasteiger partial charge < -0.3 is 0 Å². The number of hydrogen-bond donors (Lipinski definition) is 0. The van der Waals surface area contributed by atoms with Gasteiger partial charge in [-0.25, -0.2) is 0 Å². The van der Waals surface area contributed by atoms with Crippen molar-refractivity contribution in [2.24, 2.45) is 0 Å². The molecule has 1 rings (SSSR count). The van der Waals surface area contributed by atoms with E-state index in [2.05, 4.69) is 0 Å². The monoisotopic (exact) mass is 165 g/mol. The molecule has 2 heteroatoms. The Kier molecular flexibility index (Phi) is 2.60. The second-order valence-electron chi connectivity index (χ2n) is 2.30. The van der Waals surface area contributed by atoms with Gasteiger partial charge in [-0.3, -0.25) is 4.79 Å². The maximum absolute atomic E-state index is 11.1.